The van der Waals surface area contributed by atoms with Gasteiger partial charge in [0.15, 0.2) is 5.82 Å². The molecular weight excluding hydrogens is 252 g/mol. The molecule has 0 spiro atoms. The highest BCUT2D eigenvalue weighted by atomic mass is 79.9. The van der Waals surface area contributed by atoms with Crippen molar-refractivity contribution in [3.63, 3.8) is 0 Å². The Labute approximate surface area is 87.6 Å². The maximum absolute atomic E-state index is 4.84. The minimum atomic E-state index is 0.440. The largest absolute Gasteiger partial charge is 0.282 e. The quantitative estimate of drug-likeness (QED) is 0.770. The molecule has 2 aromatic rings. The van der Waals surface area contributed by atoms with Crippen molar-refractivity contribution < 1.29 is 0 Å². The summed E-state index contributed by atoms with van der Waals surface area (Å²) in [5.74, 6) is 0.693. The molecule has 0 bridgehead atoms. The van der Waals surface area contributed by atoms with E-state index in [0.717, 1.165) is 10.0 Å². The lowest BCUT2D eigenvalue weighted by Gasteiger charge is -1.94. The predicted octanol–water partition coefficient (Wildman–Crippen LogP) is 2.29. The van der Waals surface area contributed by atoms with Gasteiger partial charge in [-0.05, 0) is 34.2 Å². The fourth-order valence-electron chi connectivity index (χ4n) is 0.948. The van der Waals surface area contributed by atoms with E-state index in [4.69, 9.17) is 12.2 Å². The maximum atomic E-state index is 4.84. The summed E-state index contributed by atoms with van der Waals surface area (Å²) < 4.78 is 1.35. The Morgan fingerprint density at radius 3 is 2.77 bits per heavy atom. The standard InChI is InChI=1S/C7H5BrN4S/c8-5-1-4(2-9-3-5)6-10-7(13)12-11-6/h1-3H,(H2,10,11,12,13). The van der Waals surface area contributed by atoms with Crippen LogP contribution in [0.5, 0.6) is 0 Å². The first-order valence-electron chi connectivity index (χ1n) is 3.51. The average Bonchev–Trinajstić information content (AvgIpc) is 2.52. The fourth-order valence-corrected chi connectivity index (χ4v) is 1.46. The number of rotatable bonds is 1. The van der Waals surface area contributed by atoms with Crippen molar-refractivity contribution in [2.45, 2.75) is 0 Å². The van der Waals surface area contributed by atoms with Crippen LogP contribution in [0.4, 0.5) is 0 Å². The molecule has 13 heavy (non-hydrogen) atoms. The van der Waals surface area contributed by atoms with Gasteiger partial charge in [-0.25, -0.2) is 0 Å². The molecule has 66 valence electrons. The first-order valence-corrected chi connectivity index (χ1v) is 4.71. The Morgan fingerprint density at radius 2 is 2.15 bits per heavy atom. The van der Waals surface area contributed by atoms with Crippen molar-refractivity contribution in [2.75, 3.05) is 0 Å². The van der Waals surface area contributed by atoms with Gasteiger partial charge >= 0.3 is 0 Å². The van der Waals surface area contributed by atoms with Gasteiger partial charge in [0.2, 0.25) is 4.77 Å². The van der Waals surface area contributed by atoms with E-state index in [0.29, 0.717) is 10.6 Å². The second kappa shape index (κ2) is 3.39. The lowest BCUT2D eigenvalue weighted by Crippen LogP contribution is -1.82. The monoisotopic (exact) mass is 256 g/mol. The summed E-state index contributed by atoms with van der Waals surface area (Å²) in [6.07, 6.45) is 3.43. The van der Waals surface area contributed by atoms with Crippen LogP contribution in [0.2, 0.25) is 0 Å². The van der Waals surface area contributed by atoms with Crippen LogP contribution in [0, 0.1) is 4.77 Å². The molecule has 0 aliphatic carbocycles. The third-order valence-corrected chi connectivity index (χ3v) is 2.11. The Balaban J connectivity index is 2.52. The van der Waals surface area contributed by atoms with E-state index >= 15 is 0 Å². The average molecular weight is 257 g/mol. The molecule has 0 aliphatic heterocycles. The summed E-state index contributed by atoms with van der Waals surface area (Å²) in [6.45, 7) is 0. The van der Waals surface area contributed by atoms with Crippen molar-refractivity contribution in [3.8, 4) is 11.4 Å². The molecule has 0 aliphatic rings. The molecule has 2 N–H and O–H groups in total. The van der Waals surface area contributed by atoms with Gasteiger partial charge in [-0.15, -0.1) is 0 Å². The van der Waals surface area contributed by atoms with Crippen LogP contribution < -0.4 is 0 Å². The molecule has 0 saturated carbocycles. The van der Waals surface area contributed by atoms with Crippen LogP contribution in [-0.2, 0) is 0 Å². The predicted molar refractivity (Wildman–Crippen MR) is 54.7 cm³/mol. The van der Waals surface area contributed by atoms with Gasteiger partial charge in [0.1, 0.15) is 0 Å². The first-order chi connectivity index (χ1) is 6.25. The van der Waals surface area contributed by atoms with E-state index in [-0.39, 0.29) is 0 Å². The van der Waals surface area contributed by atoms with Crippen LogP contribution in [0.3, 0.4) is 0 Å². The van der Waals surface area contributed by atoms with Gasteiger partial charge in [-0.2, -0.15) is 4.98 Å². The molecule has 0 amide bonds. The van der Waals surface area contributed by atoms with E-state index in [2.05, 4.69) is 36.1 Å². The Bertz CT molecular complexity index is 475. The molecule has 6 heteroatoms. The first kappa shape index (κ1) is 8.58. The smallest absolute Gasteiger partial charge is 0.213 e. The van der Waals surface area contributed by atoms with Gasteiger partial charge in [0, 0.05) is 22.4 Å². The number of H-pyrrole nitrogens is 2. The Hall–Kier alpha value is -1.01. The topological polar surface area (TPSA) is 57.4 Å². The number of aromatic nitrogens is 4. The number of pyridine rings is 1. The minimum Gasteiger partial charge on any atom is -0.282 e. The third kappa shape index (κ3) is 1.84. The maximum Gasteiger partial charge on any atom is 0.213 e. The van der Waals surface area contributed by atoms with E-state index in [9.17, 15) is 0 Å². The van der Waals surface area contributed by atoms with Gasteiger partial charge in [0.25, 0.3) is 0 Å². The summed E-state index contributed by atoms with van der Waals surface area (Å²) in [4.78, 5) is 8.08. The molecule has 0 aromatic carbocycles. The van der Waals surface area contributed by atoms with Crippen LogP contribution in [0.25, 0.3) is 11.4 Å². The van der Waals surface area contributed by atoms with Gasteiger partial charge in [0.05, 0.1) is 0 Å². The van der Waals surface area contributed by atoms with Gasteiger partial charge in [-0.1, -0.05) is 0 Å². The lowest BCUT2D eigenvalue weighted by atomic mass is 10.3. The molecular formula is C7H5BrN4S. The number of nitrogens with zero attached hydrogens (tertiary/aromatic N) is 2. The second-order valence-corrected chi connectivity index (χ2v) is 3.71. The third-order valence-electron chi connectivity index (χ3n) is 1.48. The number of hydrogen-bond acceptors (Lipinski definition) is 3. The Morgan fingerprint density at radius 1 is 1.31 bits per heavy atom. The number of hydrogen-bond donors (Lipinski definition) is 2. The van der Waals surface area contributed by atoms with Crippen molar-refractivity contribution in [1.29, 1.82) is 0 Å². The number of aromatic amines is 2. The zero-order chi connectivity index (χ0) is 9.26. The summed E-state index contributed by atoms with van der Waals surface area (Å²) in [5, 5.41) is 5.57. The molecule has 0 radical (unpaired) electrons. The van der Waals surface area contributed by atoms with Crippen molar-refractivity contribution in [2.24, 2.45) is 0 Å². The highest BCUT2D eigenvalue weighted by Gasteiger charge is 2.01. The highest BCUT2D eigenvalue weighted by molar-refractivity contribution is 9.10. The molecule has 0 saturated heterocycles. The van der Waals surface area contributed by atoms with Crippen LogP contribution in [0.15, 0.2) is 22.9 Å². The van der Waals surface area contributed by atoms with Crippen molar-refractivity contribution >= 4 is 28.1 Å². The minimum absolute atomic E-state index is 0.440. The zero-order valence-corrected chi connectivity index (χ0v) is 8.82. The molecule has 0 fully saturated rings. The number of halogens is 1. The van der Waals surface area contributed by atoms with E-state index in [1.807, 2.05) is 6.07 Å². The normalized spacial score (nSPS) is 10.2. The van der Waals surface area contributed by atoms with Crippen molar-refractivity contribution in [1.82, 2.24) is 20.2 Å². The lowest BCUT2D eigenvalue weighted by molar-refractivity contribution is 1.08. The summed E-state index contributed by atoms with van der Waals surface area (Å²) in [7, 11) is 0. The zero-order valence-electron chi connectivity index (χ0n) is 6.41. The van der Waals surface area contributed by atoms with E-state index in [1.54, 1.807) is 12.4 Å². The summed E-state index contributed by atoms with van der Waals surface area (Å²) in [6, 6.07) is 1.91. The van der Waals surface area contributed by atoms with Gasteiger partial charge < -0.3 is 0 Å². The summed E-state index contributed by atoms with van der Waals surface area (Å²) >= 11 is 8.16. The Kier molecular flexibility index (Phi) is 2.24. The van der Waals surface area contributed by atoms with E-state index < -0.39 is 0 Å². The van der Waals surface area contributed by atoms with Crippen LogP contribution in [0.1, 0.15) is 0 Å². The molecule has 0 atom stereocenters. The molecule has 2 heterocycles. The van der Waals surface area contributed by atoms with Crippen LogP contribution in [-0.4, -0.2) is 20.2 Å². The molecule has 4 nitrogen and oxygen atoms in total. The fraction of sp³-hybridized carbons (Fsp3) is 0. The van der Waals surface area contributed by atoms with Crippen LogP contribution >= 0.6 is 28.1 Å². The molecule has 2 aromatic heterocycles. The van der Waals surface area contributed by atoms with Crippen molar-refractivity contribution in [3.05, 3.63) is 27.7 Å². The molecule has 0 unspecified atom stereocenters. The number of nitrogens with one attached hydrogen (secondary N) is 2. The molecule has 2 rings (SSSR count). The second-order valence-electron chi connectivity index (χ2n) is 2.41. The SMILES string of the molecule is S=c1nc(-c2cncc(Br)c2)[nH][nH]1. The van der Waals surface area contributed by atoms with Gasteiger partial charge in [-0.3, -0.25) is 15.2 Å². The highest BCUT2D eigenvalue weighted by Crippen LogP contribution is 2.17. The summed E-state index contributed by atoms with van der Waals surface area (Å²) in [5.41, 5.74) is 0.890. The van der Waals surface area contributed by atoms with E-state index in [1.165, 1.54) is 0 Å².